The molecule has 0 saturated carbocycles. The Balaban J connectivity index is 2.45. The summed E-state index contributed by atoms with van der Waals surface area (Å²) < 4.78 is 5.48. The van der Waals surface area contributed by atoms with Gasteiger partial charge in [-0.05, 0) is 27.0 Å². The lowest BCUT2D eigenvalue weighted by molar-refractivity contribution is 0.0627. The fourth-order valence-electron chi connectivity index (χ4n) is 1.48. The van der Waals surface area contributed by atoms with Crippen LogP contribution in [-0.4, -0.2) is 36.2 Å². The maximum atomic E-state index is 8.92. The number of ether oxygens (including phenoxy) is 1. The van der Waals surface area contributed by atoms with Gasteiger partial charge in [0.15, 0.2) is 0 Å². The molecule has 0 unspecified atom stereocenters. The first-order valence-corrected chi connectivity index (χ1v) is 5.77. The first-order chi connectivity index (χ1) is 8.13. The van der Waals surface area contributed by atoms with Crippen LogP contribution in [0.4, 0.5) is 0 Å². The Labute approximate surface area is 103 Å². The van der Waals surface area contributed by atoms with Crippen LogP contribution in [0.25, 0.3) is 0 Å². The van der Waals surface area contributed by atoms with E-state index in [1.807, 2.05) is 33.0 Å². The molecule has 0 aliphatic carbocycles. The van der Waals surface area contributed by atoms with Crippen molar-refractivity contribution >= 4 is 0 Å². The van der Waals surface area contributed by atoms with Gasteiger partial charge in [-0.15, -0.1) is 0 Å². The van der Waals surface area contributed by atoms with Crippen molar-refractivity contribution < 1.29 is 4.74 Å². The lowest BCUT2D eigenvalue weighted by atomic mass is 10.2. The highest BCUT2D eigenvalue weighted by atomic mass is 16.5. The number of rotatable bonds is 6. The Morgan fingerprint density at radius 3 is 2.94 bits per heavy atom. The maximum absolute atomic E-state index is 8.92. The second-order valence-corrected chi connectivity index (χ2v) is 4.28. The summed E-state index contributed by atoms with van der Waals surface area (Å²) in [6, 6.07) is 5.90. The van der Waals surface area contributed by atoms with E-state index in [9.17, 15) is 0 Å². The van der Waals surface area contributed by atoms with Crippen LogP contribution in [-0.2, 0) is 11.3 Å². The minimum absolute atomic E-state index is 0.261. The van der Waals surface area contributed by atoms with E-state index in [4.69, 9.17) is 10.00 Å². The third-order valence-electron chi connectivity index (χ3n) is 2.36. The van der Waals surface area contributed by atoms with Crippen molar-refractivity contribution in [2.75, 3.05) is 20.2 Å². The summed E-state index contributed by atoms with van der Waals surface area (Å²) in [7, 11) is 2.01. The molecule has 1 aromatic heterocycles. The quantitative estimate of drug-likeness (QED) is 0.752. The molecular weight excluding hydrogens is 214 g/mol. The topological polar surface area (TPSA) is 49.1 Å². The van der Waals surface area contributed by atoms with Crippen molar-refractivity contribution in [3.8, 4) is 6.07 Å². The summed E-state index contributed by atoms with van der Waals surface area (Å²) in [6.45, 7) is 6.32. The second kappa shape index (κ2) is 7.00. The minimum Gasteiger partial charge on any atom is -0.377 e. The molecule has 1 rings (SSSR count). The Morgan fingerprint density at radius 1 is 1.53 bits per heavy atom. The van der Waals surface area contributed by atoms with E-state index in [0.29, 0.717) is 12.3 Å². The molecule has 0 radical (unpaired) electrons. The highest BCUT2D eigenvalue weighted by molar-refractivity contribution is 5.30. The molecule has 0 spiro atoms. The zero-order valence-corrected chi connectivity index (χ0v) is 10.7. The molecule has 0 aliphatic rings. The molecule has 0 N–H and O–H groups in total. The summed E-state index contributed by atoms with van der Waals surface area (Å²) in [4.78, 5) is 6.16. The fourth-order valence-corrected chi connectivity index (χ4v) is 1.48. The number of hydrogen-bond acceptors (Lipinski definition) is 4. The van der Waals surface area contributed by atoms with Crippen LogP contribution >= 0.6 is 0 Å². The van der Waals surface area contributed by atoms with Crippen LogP contribution in [0.1, 0.15) is 25.1 Å². The van der Waals surface area contributed by atoms with E-state index in [0.717, 1.165) is 18.7 Å². The number of nitrogens with zero attached hydrogens (tertiary/aromatic N) is 3. The number of aromatic nitrogens is 1. The van der Waals surface area contributed by atoms with Gasteiger partial charge in [0.05, 0.1) is 12.7 Å². The third kappa shape index (κ3) is 4.94. The predicted molar refractivity (Wildman–Crippen MR) is 66.4 cm³/mol. The van der Waals surface area contributed by atoms with Crippen LogP contribution in [0.3, 0.4) is 0 Å². The van der Waals surface area contributed by atoms with Crippen LogP contribution in [0, 0.1) is 11.3 Å². The molecule has 0 saturated heterocycles. The monoisotopic (exact) mass is 233 g/mol. The molecule has 0 atom stereocenters. The molecule has 17 heavy (non-hydrogen) atoms. The zero-order chi connectivity index (χ0) is 12.7. The van der Waals surface area contributed by atoms with Crippen LogP contribution in [0.15, 0.2) is 18.3 Å². The van der Waals surface area contributed by atoms with E-state index in [2.05, 4.69) is 16.0 Å². The Hall–Kier alpha value is -1.44. The average molecular weight is 233 g/mol. The summed E-state index contributed by atoms with van der Waals surface area (Å²) in [6.07, 6.45) is 1.90. The standard InChI is InChI=1S/C13H19N3O/c1-11(2)17-8-7-16(3)10-12-5-4-6-15-13(12)9-14/h4-6,11H,7-8,10H2,1-3H3. The SMILES string of the molecule is CC(C)OCCN(C)Cc1cccnc1C#N. The Kier molecular flexibility index (Phi) is 5.61. The van der Waals surface area contributed by atoms with Crippen molar-refractivity contribution in [3.05, 3.63) is 29.6 Å². The number of nitriles is 1. The predicted octanol–water partition coefficient (Wildman–Crippen LogP) is 1.81. The van der Waals surface area contributed by atoms with Gasteiger partial charge < -0.3 is 4.74 Å². The molecule has 1 heterocycles. The molecule has 0 amide bonds. The molecule has 4 nitrogen and oxygen atoms in total. The van der Waals surface area contributed by atoms with E-state index in [1.165, 1.54) is 0 Å². The van der Waals surface area contributed by atoms with Gasteiger partial charge in [-0.3, -0.25) is 4.90 Å². The van der Waals surface area contributed by atoms with E-state index in [1.54, 1.807) is 6.20 Å². The molecule has 0 bridgehead atoms. The Bertz CT molecular complexity index is 384. The number of likely N-dealkylation sites (N-methyl/N-ethyl adjacent to an activating group) is 1. The van der Waals surface area contributed by atoms with Gasteiger partial charge in [0, 0.05) is 24.8 Å². The number of pyridine rings is 1. The summed E-state index contributed by atoms with van der Waals surface area (Å²) >= 11 is 0. The van der Waals surface area contributed by atoms with E-state index in [-0.39, 0.29) is 6.10 Å². The van der Waals surface area contributed by atoms with Gasteiger partial charge in [0.25, 0.3) is 0 Å². The molecule has 0 aliphatic heterocycles. The van der Waals surface area contributed by atoms with Crippen LogP contribution in [0.5, 0.6) is 0 Å². The highest BCUT2D eigenvalue weighted by Crippen LogP contribution is 2.06. The van der Waals surface area contributed by atoms with Crippen molar-refractivity contribution in [1.29, 1.82) is 5.26 Å². The molecule has 1 aromatic rings. The summed E-state index contributed by atoms with van der Waals surface area (Å²) in [5, 5.41) is 8.92. The largest absolute Gasteiger partial charge is 0.377 e. The molecular formula is C13H19N3O. The van der Waals surface area contributed by atoms with Crippen LogP contribution < -0.4 is 0 Å². The van der Waals surface area contributed by atoms with E-state index < -0.39 is 0 Å². The minimum atomic E-state index is 0.261. The van der Waals surface area contributed by atoms with Gasteiger partial charge in [0.2, 0.25) is 0 Å². The van der Waals surface area contributed by atoms with Gasteiger partial charge in [-0.2, -0.15) is 5.26 Å². The summed E-state index contributed by atoms with van der Waals surface area (Å²) in [5.41, 5.74) is 1.46. The second-order valence-electron chi connectivity index (χ2n) is 4.28. The molecule has 4 heteroatoms. The number of hydrogen-bond donors (Lipinski definition) is 0. The normalized spacial score (nSPS) is 10.8. The van der Waals surface area contributed by atoms with Gasteiger partial charge in [-0.25, -0.2) is 4.98 Å². The Morgan fingerprint density at radius 2 is 2.29 bits per heavy atom. The van der Waals surface area contributed by atoms with Crippen molar-refractivity contribution in [3.63, 3.8) is 0 Å². The maximum Gasteiger partial charge on any atom is 0.144 e. The fraction of sp³-hybridized carbons (Fsp3) is 0.538. The summed E-state index contributed by atoms with van der Waals surface area (Å²) in [5.74, 6) is 0. The van der Waals surface area contributed by atoms with Crippen molar-refractivity contribution in [1.82, 2.24) is 9.88 Å². The van der Waals surface area contributed by atoms with Gasteiger partial charge in [-0.1, -0.05) is 6.07 Å². The van der Waals surface area contributed by atoms with Crippen molar-refractivity contribution in [2.45, 2.75) is 26.5 Å². The van der Waals surface area contributed by atoms with Gasteiger partial charge >= 0.3 is 0 Å². The molecule has 0 fully saturated rings. The van der Waals surface area contributed by atoms with E-state index >= 15 is 0 Å². The van der Waals surface area contributed by atoms with Crippen LogP contribution in [0.2, 0.25) is 0 Å². The lowest BCUT2D eigenvalue weighted by Crippen LogP contribution is -2.24. The first-order valence-electron chi connectivity index (χ1n) is 5.77. The molecule has 92 valence electrons. The first kappa shape index (κ1) is 13.6. The average Bonchev–Trinajstić information content (AvgIpc) is 2.29. The van der Waals surface area contributed by atoms with Gasteiger partial charge in [0.1, 0.15) is 11.8 Å². The smallest absolute Gasteiger partial charge is 0.144 e. The zero-order valence-electron chi connectivity index (χ0n) is 10.7. The van der Waals surface area contributed by atoms with Crippen molar-refractivity contribution in [2.24, 2.45) is 0 Å². The molecule has 0 aromatic carbocycles. The third-order valence-corrected chi connectivity index (χ3v) is 2.36. The lowest BCUT2D eigenvalue weighted by Gasteiger charge is -2.17. The highest BCUT2D eigenvalue weighted by Gasteiger charge is 2.06.